The molecule has 7 heteroatoms. The normalized spacial score (nSPS) is 11.8. The number of nitrogens with zero attached hydrogens (tertiary/aromatic N) is 4. The second-order valence-corrected chi connectivity index (χ2v) is 13.1. The molecule has 2 aromatic heterocycles. The summed E-state index contributed by atoms with van der Waals surface area (Å²) in [6.45, 7) is 6.76. The Balaban J connectivity index is 0.723. The monoisotopic (exact) mass is 676 g/mol. The first kappa shape index (κ1) is 32.8. The maximum Gasteiger partial charge on any atom is 0.244 e. The molecule has 0 aliphatic carbocycles. The highest BCUT2D eigenvalue weighted by Gasteiger charge is 2.13. The van der Waals surface area contributed by atoms with Crippen molar-refractivity contribution < 1.29 is 23.3 Å². The average molecular weight is 677 g/mol. The molecule has 0 amide bonds. The molecule has 0 radical (unpaired) electrons. The minimum Gasteiger partial charge on any atom is -0.377 e. The molecule has 0 saturated heterocycles. The van der Waals surface area contributed by atoms with Gasteiger partial charge in [0, 0.05) is 11.1 Å². The highest BCUT2D eigenvalue weighted by Crippen LogP contribution is 2.29. The van der Waals surface area contributed by atoms with Crippen LogP contribution in [-0.2, 0) is 40.4 Å². The Hall–Kier alpha value is -5.34. The van der Waals surface area contributed by atoms with Crippen molar-refractivity contribution in [1.82, 2.24) is 9.13 Å². The van der Waals surface area contributed by atoms with Crippen LogP contribution in [0.4, 0.5) is 0 Å². The second kappa shape index (κ2) is 15.7. The maximum absolute atomic E-state index is 5.86. The fourth-order valence-electron chi connectivity index (χ4n) is 7.13. The minimum atomic E-state index is 0.559. The SMILES string of the molecule is c1ccc2c(C[n+]3ccn(CCOCCOCCOCCn4cc[n+](Cc5c6ccccc6cc6ccccc56)c4)c3)c3ccccc3cc2c1. The van der Waals surface area contributed by atoms with Crippen LogP contribution in [0.2, 0.25) is 0 Å². The van der Waals surface area contributed by atoms with E-state index in [-0.39, 0.29) is 0 Å². The Morgan fingerprint density at radius 3 is 1.12 bits per heavy atom. The summed E-state index contributed by atoms with van der Waals surface area (Å²) >= 11 is 0. The van der Waals surface area contributed by atoms with E-state index in [0.717, 1.165) is 26.2 Å². The predicted octanol–water partition coefficient (Wildman–Crippen LogP) is 7.32. The van der Waals surface area contributed by atoms with Crippen molar-refractivity contribution in [2.24, 2.45) is 0 Å². The zero-order chi connectivity index (χ0) is 34.2. The standard InChI is InChI=1S/C44H44N4O3/c1-5-13-39-35(9-1)29-36-10-2-6-14-40(36)43(39)31-47-19-17-45(33-47)21-23-49-25-27-51-28-26-50-24-22-46-18-20-48(34-46)32-44-41-15-7-3-11-37(41)30-38-12-4-8-16-42(38)44/h1-20,29-30,33-34H,21-28,31-32H2/q+2. The molecule has 0 N–H and O–H groups in total. The molecule has 51 heavy (non-hydrogen) atoms. The third-order valence-corrected chi connectivity index (χ3v) is 9.67. The first-order chi connectivity index (χ1) is 25.3. The Kier molecular flexibility index (Phi) is 10.1. The van der Waals surface area contributed by atoms with Gasteiger partial charge in [0.15, 0.2) is 0 Å². The summed E-state index contributed by atoms with van der Waals surface area (Å²) < 4.78 is 26.3. The van der Waals surface area contributed by atoms with E-state index in [9.17, 15) is 0 Å². The molecule has 0 aliphatic rings. The van der Waals surface area contributed by atoms with Gasteiger partial charge in [0.2, 0.25) is 12.7 Å². The highest BCUT2D eigenvalue weighted by atomic mass is 16.5. The quantitative estimate of drug-likeness (QED) is 0.0612. The molecule has 8 aromatic rings. The molecule has 0 aliphatic heterocycles. The molecule has 7 nitrogen and oxygen atoms in total. The molecule has 0 atom stereocenters. The van der Waals surface area contributed by atoms with Crippen LogP contribution in [0.3, 0.4) is 0 Å². The van der Waals surface area contributed by atoms with E-state index in [1.54, 1.807) is 0 Å². The topological polar surface area (TPSA) is 45.3 Å². The van der Waals surface area contributed by atoms with E-state index >= 15 is 0 Å². The van der Waals surface area contributed by atoms with E-state index in [2.05, 4.69) is 165 Å². The van der Waals surface area contributed by atoms with Gasteiger partial charge in [-0.05, 0) is 55.2 Å². The fraction of sp³-hybridized carbons (Fsp3) is 0.227. The van der Waals surface area contributed by atoms with Crippen LogP contribution < -0.4 is 9.13 Å². The van der Waals surface area contributed by atoms with Gasteiger partial charge in [0.1, 0.15) is 51.0 Å². The number of hydrogen-bond donors (Lipinski definition) is 0. The molecule has 0 saturated carbocycles. The van der Waals surface area contributed by atoms with Gasteiger partial charge in [-0.3, -0.25) is 0 Å². The van der Waals surface area contributed by atoms with Crippen molar-refractivity contribution >= 4 is 43.1 Å². The minimum absolute atomic E-state index is 0.559. The van der Waals surface area contributed by atoms with Crippen molar-refractivity contribution in [1.29, 1.82) is 0 Å². The summed E-state index contributed by atoms with van der Waals surface area (Å²) in [5.74, 6) is 0. The average Bonchev–Trinajstić information content (AvgIpc) is 3.82. The maximum atomic E-state index is 5.86. The first-order valence-electron chi connectivity index (χ1n) is 17.9. The first-order valence-corrected chi connectivity index (χ1v) is 17.9. The van der Waals surface area contributed by atoms with Crippen molar-refractivity contribution in [3.8, 4) is 0 Å². The van der Waals surface area contributed by atoms with E-state index in [4.69, 9.17) is 14.2 Å². The molecule has 2 heterocycles. The van der Waals surface area contributed by atoms with Gasteiger partial charge in [-0.25, -0.2) is 18.3 Å². The summed E-state index contributed by atoms with van der Waals surface area (Å²) in [6, 6.07) is 39.2. The number of imidazole rings is 2. The lowest BCUT2D eigenvalue weighted by Crippen LogP contribution is -2.32. The number of benzene rings is 6. The van der Waals surface area contributed by atoms with E-state index in [0.29, 0.717) is 39.6 Å². The smallest absolute Gasteiger partial charge is 0.244 e. The summed E-state index contributed by atoms with van der Waals surface area (Å²) in [7, 11) is 0. The molecule has 8 rings (SSSR count). The summed E-state index contributed by atoms with van der Waals surface area (Å²) in [6.07, 6.45) is 12.8. The number of fused-ring (bicyclic) bond motifs is 4. The van der Waals surface area contributed by atoms with E-state index in [1.807, 2.05) is 0 Å². The van der Waals surface area contributed by atoms with Crippen LogP contribution >= 0.6 is 0 Å². The second-order valence-electron chi connectivity index (χ2n) is 13.1. The molecule has 0 fully saturated rings. The van der Waals surface area contributed by atoms with Gasteiger partial charge in [-0.1, -0.05) is 97.1 Å². The predicted molar refractivity (Wildman–Crippen MR) is 203 cm³/mol. The summed E-state index contributed by atoms with van der Waals surface area (Å²) in [5, 5.41) is 10.3. The fourth-order valence-corrected chi connectivity index (χ4v) is 7.13. The van der Waals surface area contributed by atoms with Crippen LogP contribution in [0.5, 0.6) is 0 Å². The van der Waals surface area contributed by atoms with E-state index in [1.165, 1.54) is 54.2 Å². The van der Waals surface area contributed by atoms with Crippen molar-refractivity contribution in [3.05, 3.63) is 158 Å². The van der Waals surface area contributed by atoms with Gasteiger partial charge in [-0.2, -0.15) is 0 Å². The lowest BCUT2D eigenvalue weighted by Gasteiger charge is -2.10. The number of ether oxygens (including phenoxy) is 3. The Morgan fingerprint density at radius 1 is 0.412 bits per heavy atom. The molecule has 256 valence electrons. The van der Waals surface area contributed by atoms with Crippen molar-refractivity contribution in [2.75, 3.05) is 39.6 Å². The molecule has 6 aromatic carbocycles. The van der Waals surface area contributed by atoms with Gasteiger partial charge in [0.05, 0.1) is 39.6 Å². The third kappa shape index (κ3) is 7.71. The molecule has 0 spiro atoms. The van der Waals surface area contributed by atoms with Crippen molar-refractivity contribution in [3.63, 3.8) is 0 Å². The summed E-state index contributed by atoms with van der Waals surface area (Å²) in [5.41, 5.74) is 2.70. The van der Waals surface area contributed by atoms with Crippen LogP contribution in [0, 0.1) is 0 Å². The van der Waals surface area contributed by atoms with Crippen LogP contribution in [0.25, 0.3) is 43.1 Å². The largest absolute Gasteiger partial charge is 0.377 e. The number of rotatable bonds is 16. The summed E-state index contributed by atoms with van der Waals surface area (Å²) in [4.78, 5) is 0. The van der Waals surface area contributed by atoms with Crippen LogP contribution in [0.15, 0.2) is 147 Å². The van der Waals surface area contributed by atoms with Gasteiger partial charge >= 0.3 is 0 Å². The molecular formula is C44H44N4O3+2. The van der Waals surface area contributed by atoms with Gasteiger partial charge < -0.3 is 14.2 Å². The Bertz CT molecular complexity index is 2120. The zero-order valence-corrected chi connectivity index (χ0v) is 28.9. The molecule has 0 unspecified atom stereocenters. The number of aromatic nitrogens is 4. The van der Waals surface area contributed by atoms with Crippen LogP contribution in [0.1, 0.15) is 11.1 Å². The van der Waals surface area contributed by atoms with Gasteiger partial charge in [-0.15, -0.1) is 0 Å². The van der Waals surface area contributed by atoms with Gasteiger partial charge in [0.25, 0.3) is 0 Å². The lowest BCUT2D eigenvalue weighted by atomic mass is 9.97. The Morgan fingerprint density at radius 2 is 0.745 bits per heavy atom. The van der Waals surface area contributed by atoms with Crippen molar-refractivity contribution in [2.45, 2.75) is 26.2 Å². The Labute approximate surface area is 298 Å². The van der Waals surface area contributed by atoms with E-state index < -0.39 is 0 Å². The third-order valence-electron chi connectivity index (χ3n) is 9.67. The lowest BCUT2D eigenvalue weighted by molar-refractivity contribution is -0.687. The molecule has 0 bridgehead atoms. The molecular weight excluding hydrogens is 633 g/mol. The zero-order valence-electron chi connectivity index (χ0n) is 28.9. The highest BCUT2D eigenvalue weighted by molar-refractivity contribution is 6.03. The van der Waals surface area contributed by atoms with Crippen LogP contribution in [-0.4, -0.2) is 48.8 Å². The number of hydrogen-bond acceptors (Lipinski definition) is 3.